The molecule has 0 aromatic heterocycles. The number of phosphoric acid groups is 1. The largest absolute Gasteiger partial charge is 0.472 e. The van der Waals surface area contributed by atoms with Crippen LogP contribution in [0.25, 0.3) is 0 Å². The van der Waals surface area contributed by atoms with E-state index in [2.05, 4.69) is 69.4 Å². The minimum atomic E-state index is -4.75. The molecule has 0 aliphatic rings. The molecule has 0 saturated heterocycles. The van der Waals surface area contributed by atoms with Crippen LogP contribution >= 0.6 is 7.82 Å². The van der Waals surface area contributed by atoms with Crippen molar-refractivity contribution in [2.45, 2.75) is 264 Å². The van der Waals surface area contributed by atoms with E-state index in [4.69, 9.17) is 23.3 Å². The van der Waals surface area contributed by atoms with Gasteiger partial charge >= 0.3 is 25.7 Å². The van der Waals surface area contributed by atoms with Gasteiger partial charge in [-0.15, -0.1) is 0 Å². The van der Waals surface area contributed by atoms with Crippen molar-refractivity contribution < 1.29 is 52.2 Å². The first-order valence-electron chi connectivity index (χ1n) is 27.5. The van der Waals surface area contributed by atoms with Crippen molar-refractivity contribution in [3.05, 3.63) is 48.6 Å². The molecule has 0 radical (unpaired) electrons. The molecule has 0 saturated carbocycles. The fourth-order valence-corrected chi connectivity index (χ4v) is 8.37. The van der Waals surface area contributed by atoms with Gasteiger partial charge in [-0.3, -0.25) is 23.4 Å². The van der Waals surface area contributed by atoms with Crippen molar-refractivity contribution in [1.82, 2.24) is 0 Å². The highest BCUT2D eigenvalue weighted by Crippen LogP contribution is 2.43. The number of ether oxygens (including phenoxy) is 3. The van der Waals surface area contributed by atoms with Gasteiger partial charge in [0.2, 0.25) is 0 Å². The SMILES string of the molecule is CC/C=C\C/C=C\C/C=C\C/C=C\CCCCC(=O)OCC(COP(=O)(O)OCC(CO)OC(=O)CCCCCCCCCCCCCCC)OC(=O)CCCCCCCCCCCCCCC. The zero-order valence-corrected chi connectivity index (χ0v) is 44.5. The highest BCUT2D eigenvalue weighted by molar-refractivity contribution is 7.47. The highest BCUT2D eigenvalue weighted by Gasteiger charge is 2.28. The van der Waals surface area contributed by atoms with E-state index in [0.717, 1.165) is 77.0 Å². The normalized spacial score (nSPS) is 13.8. The lowest BCUT2D eigenvalue weighted by Crippen LogP contribution is -2.30. The number of allylic oxidation sites excluding steroid dienone is 8. The van der Waals surface area contributed by atoms with E-state index >= 15 is 0 Å². The van der Waals surface area contributed by atoms with Crippen molar-refractivity contribution in [3.8, 4) is 0 Å². The molecule has 0 aromatic rings. The Balaban J connectivity index is 4.76. The third kappa shape index (κ3) is 48.5. The summed E-state index contributed by atoms with van der Waals surface area (Å²) >= 11 is 0. The number of aliphatic hydroxyl groups excluding tert-OH is 1. The Morgan fingerprint density at radius 2 is 0.765 bits per heavy atom. The molecule has 0 aliphatic carbocycles. The molecule has 0 fully saturated rings. The predicted octanol–water partition coefficient (Wildman–Crippen LogP) is 15.8. The van der Waals surface area contributed by atoms with E-state index < -0.39 is 57.8 Å². The third-order valence-electron chi connectivity index (χ3n) is 11.8. The molecule has 0 heterocycles. The van der Waals surface area contributed by atoms with E-state index in [-0.39, 0.29) is 25.9 Å². The lowest BCUT2D eigenvalue weighted by Gasteiger charge is -2.21. The quantitative estimate of drug-likeness (QED) is 0.0197. The first-order chi connectivity index (χ1) is 33.2. The number of rotatable bonds is 51. The number of hydrogen-bond donors (Lipinski definition) is 2. The van der Waals surface area contributed by atoms with Gasteiger partial charge < -0.3 is 24.2 Å². The van der Waals surface area contributed by atoms with Crippen LogP contribution in [0.5, 0.6) is 0 Å². The lowest BCUT2D eigenvalue weighted by atomic mass is 10.0. The second-order valence-electron chi connectivity index (χ2n) is 18.4. The summed E-state index contributed by atoms with van der Waals surface area (Å²) in [6.07, 6.45) is 52.2. The topological polar surface area (TPSA) is 155 Å². The maximum absolute atomic E-state index is 12.9. The second-order valence-corrected chi connectivity index (χ2v) is 19.8. The molecule has 0 rings (SSSR count). The monoisotopic (exact) mass is 981 g/mol. The van der Waals surface area contributed by atoms with Crippen LogP contribution < -0.4 is 0 Å². The molecule has 11 nitrogen and oxygen atoms in total. The molecular weight excluding hydrogens is 880 g/mol. The van der Waals surface area contributed by atoms with Gasteiger partial charge in [-0.05, 0) is 57.8 Å². The maximum atomic E-state index is 12.9. The summed E-state index contributed by atoms with van der Waals surface area (Å²) in [6, 6.07) is 0. The van der Waals surface area contributed by atoms with Crippen LogP contribution in [0.15, 0.2) is 48.6 Å². The zero-order chi connectivity index (χ0) is 49.9. The Hall–Kier alpha value is -2.56. The second kappa shape index (κ2) is 50.8. The molecule has 0 aliphatic heterocycles. The van der Waals surface area contributed by atoms with E-state index in [1.165, 1.54) is 116 Å². The van der Waals surface area contributed by atoms with Gasteiger partial charge in [0.05, 0.1) is 19.8 Å². The number of aliphatic hydroxyl groups is 1. The Labute approximate surface area is 415 Å². The van der Waals surface area contributed by atoms with Crippen molar-refractivity contribution in [3.63, 3.8) is 0 Å². The number of esters is 3. The summed E-state index contributed by atoms with van der Waals surface area (Å²) < 4.78 is 39.4. The summed E-state index contributed by atoms with van der Waals surface area (Å²) in [5, 5.41) is 9.79. The van der Waals surface area contributed by atoms with Crippen molar-refractivity contribution >= 4 is 25.7 Å². The van der Waals surface area contributed by atoms with Crippen LogP contribution in [0.4, 0.5) is 0 Å². The molecule has 3 unspecified atom stereocenters. The molecule has 12 heteroatoms. The molecule has 0 spiro atoms. The first-order valence-corrected chi connectivity index (χ1v) is 29.0. The Bertz CT molecular complexity index is 1330. The molecule has 3 atom stereocenters. The summed E-state index contributed by atoms with van der Waals surface area (Å²) in [5.41, 5.74) is 0. The van der Waals surface area contributed by atoms with Gasteiger partial charge in [0.15, 0.2) is 6.10 Å². The van der Waals surface area contributed by atoms with Gasteiger partial charge in [0.1, 0.15) is 12.7 Å². The van der Waals surface area contributed by atoms with Crippen LogP contribution in [-0.4, -0.2) is 66.5 Å². The lowest BCUT2D eigenvalue weighted by molar-refractivity contribution is -0.161. The molecule has 0 aromatic carbocycles. The summed E-state index contributed by atoms with van der Waals surface area (Å²) in [4.78, 5) is 48.4. The van der Waals surface area contributed by atoms with Crippen molar-refractivity contribution in [2.24, 2.45) is 0 Å². The number of carbonyl (C=O) groups is 3. The first kappa shape index (κ1) is 65.4. The standard InChI is InChI=1S/C56H101O11P/c1-4-7-10-13-16-19-22-25-26-29-30-33-36-39-42-45-54(58)63-49-53(67-56(60)47-44-41-38-35-32-28-24-21-18-15-12-9-6-3)51-65-68(61,62)64-50-52(48-57)66-55(59)46-43-40-37-34-31-27-23-20-17-14-11-8-5-2/h7,10,16,19,25-26,30,33,52-53,57H,4-6,8-9,11-15,17-18,20-24,27-29,31-32,34-51H2,1-3H3,(H,61,62)/b10-7-,19-16-,26-25-,33-30-. The van der Waals surface area contributed by atoms with Crippen LogP contribution in [0.2, 0.25) is 0 Å². The maximum Gasteiger partial charge on any atom is 0.472 e. The Kier molecular flexibility index (Phi) is 48.9. The molecule has 396 valence electrons. The highest BCUT2D eigenvalue weighted by atomic mass is 31.2. The molecule has 0 bridgehead atoms. The average Bonchev–Trinajstić information content (AvgIpc) is 3.32. The van der Waals surface area contributed by atoms with E-state index in [0.29, 0.717) is 19.3 Å². The Morgan fingerprint density at radius 3 is 1.18 bits per heavy atom. The summed E-state index contributed by atoms with van der Waals surface area (Å²) in [5.74, 6) is -1.50. The molecule has 68 heavy (non-hydrogen) atoms. The van der Waals surface area contributed by atoms with Crippen molar-refractivity contribution in [2.75, 3.05) is 26.4 Å². The fourth-order valence-electron chi connectivity index (χ4n) is 7.58. The van der Waals surface area contributed by atoms with Crippen LogP contribution in [0.1, 0.15) is 252 Å². The van der Waals surface area contributed by atoms with Gasteiger partial charge in [0.25, 0.3) is 0 Å². The average molecular weight is 981 g/mol. The smallest absolute Gasteiger partial charge is 0.462 e. The minimum absolute atomic E-state index is 0.162. The fraction of sp³-hybridized carbons (Fsp3) is 0.804. The zero-order valence-electron chi connectivity index (χ0n) is 43.6. The molecule has 0 amide bonds. The predicted molar refractivity (Wildman–Crippen MR) is 279 cm³/mol. The van der Waals surface area contributed by atoms with E-state index in [1.54, 1.807) is 0 Å². The number of phosphoric ester groups is 1. The number of unbranched alkanes of at least 4 members (excludes halogenated alkanes) is 26. The van der Waals surface area contributed by atoms with E-state index in [9.17, 15) is 28.9 Å². The summed E-state index contributed by atoms with van der Waals surface area (Å²) in [6.45, 7) is 4.50. The van der Waals surface area contributed by atoms with Gasteiger partial charge in [-0.1, -0.05) is 223 Å². The van der Waals surface area contributed by atoms with Gasteiger partial charge in [0, 0.05) is 19.3 Å². The minimum Gasteiger partial charge on any atom is -0.462 e. The number of carbonyl (C=O) groups excluding carboxylic acids is 3. The van der Waals surface area contributed by atoms with Crippen molar-refractivity contribution in [1.29, 1.82) is 0 Å². The van der Waals surface area contributed by atoms with Gasteiger partial charge in [-0.25, -0.2) is 4.57 Å². The van der Waals surface area contributed by atoms with E-state index in [1.807, 2.05) is 0 Å². The summed E-state index contributed by atoms with van der Waals surface area (Å²) in [7, 11) is -4.75. The molecular formula is C56H101O11P. The number of hydrogen-bond acceptors (Lipinski definition) is 10. The van der Waals surface area contributed by atoms with Crippen LogP contribution in [0, 0.1) is 0 Å². The van der Waals surface area contributed by atoms with Crippen LogP contribution in [-0.2, 0) is 42.2 Å². The Morgan fingerprint density at radius 1 is 0.426 bits per heavy atom. The third-order valence-corrected chi connectivity index (χ3v) is 12.7. The van der Waals surface area contributed by atoms with Crippen LogP contribution in [0.3, 0.4) is 0 Å². The van der Waals surface area contributed by atoms with Gasteiger partial charge in [-0.2, -0.15) is 0 Å². The molecule has 2 N–H and O–H groups in total.